The summed E-state index contributed by atoms with van der Waals surface area (Å²) in [6.45, 7) is -0.147. The lowest BCUT2D eigenvalue weighted by atomic mass is 10.1. The van der Waals surface area contributed by atoms with Gasteiger partial charge in [0.2, 0.25) is 0 Å². The number of methoxy groups -OCH3 is 1. The third-order valence-corrected chi connectivity index (χ3v) is 2.51. The van der Waals surface area contributed by atoms with Crippen molar-refractivity contribution in [2.75, 3.05) is 13.7 Å². The second-order valence-electron chi connectivity index (χ2n) is 3.63. The number of fused-ring (bicyclic) bond motifs is 1. The van der Waals surface area contributed by atoms with Crippen molar-refractivity contribution in [3.8, 4) is 0 Å². The molecule has 1 aromatic carbocycles. The molecule has 0 aliphatic rings. The third-order valence-electron chi connectivity index (χ3n) is 2.51. The Hall–Kier alpha value is -2.43. The molecule has 0 bridgehead atoms. The Morgan fingerprint density at radius 1 is 1.28 bits per heavy atom. The zero-order chi connectivity index (χ0) is 13.0. The highest BCUT2D eigenvalue weighted by atomic mass is 16.5. The lowest BCUT2D eigenvalue weighted by Crippen LogP contribution is -2.30. The summed E-state index contributed by atoms with van der Waals surface area (Å²) >= 11 is 0. The Bertz CT molecular complexity index is 590. The van der Waals surface area contributed by atoms with Crippen LogP contribution in [0.3, 0.4) is 0 Å². The van der Waals surface area contributed by atoms with Gasteiger partial charge in [-0.15, -0.1) is 0 Å². The molecule has 0 aliphatic heterocycles. The Balaban J connectivity index is 2.25. The molecule has 1 aromatic heterocycles. The molecule has 0 fully saturated rings. The lowest BCUT2D eigenvalue weighted by molar-refractivity contribution is -0.139. The second kappa shape index (κ2) is 5.27. The molecule has 2 rings (SSSR count). The fourth-order valence-electron chi connectivity index (χ4n) is 1.61. The van der Waals surface area contributed by atoms with E-state index >= 15 is 0 Å². The van der Waals surface area contributed by atoms with Crippen LogP contribution in [-0.2, 0) is 9.53 Å². The average Bonchev–Trinajstić information content (AvgIpc) is 2.43. The van der Waals surface area contributed by atoms with Gasteiger partial charge in [-0.1, -0.05) is 18.2 Å². The van der Waals surface area contributed by atoms with Crippen molar-refractivity contribution in [3.05, 3.63) is 42.1 Å². The summed E-state index contributed by atoms with van der Waals surface area (Å²) < 4.78 is 4.46. The zero-order valence-electron chi connectivity index (χ0n) is 9.84. The van der Waals surface area contributed by atoms with Crippen LogP contribution in [0.1, 0.15) is 10.4 Å². The molecule has 0 saturated carbocycles. The highest BCUT2D eigenvalue weighted by Gasteiger charge is 2.11. The molecule has 5 nitrogen and oxygen atoms in total. The Labute approximate surface area is 104 Å². The van der Waals surface area contributed by atoms with Crippen molar-refractivity contribution in [2.45, 2.75) is 0 Å². The van der Waals surface area contributed by atoms with Gasteiger partial charge >= 0.3 is 5.97 Å². The number of hydrogen-bond acceptors (Lipinski definition) is 4. The molecule has 0 aliphatic carbocycles. The maximum atomic E-state index is 11.9. The van der Waals surface area contributed by atoms with Crippen molar-refractivity contribution in [1.82, 2.24) is 10.3 Å². The van der Waals surface area contributed by atoms with Gasteiger partial charge in [-0.05, 0) is 12.1 Å². The molecule has 1 amide bonds. The summed E-state index contributed by atoms with van der Waals surface area (Å²) in [7, 11) is 1.27. The zero-order valence-corrected chi connectivity index (χ0v) is 9.84. The van der Waals surface area contributed by atoms with Gasteiger partial charge in [0.25, 0.3) is 5.91 Å². The van der Waals surface area contributed by atoms with E-state index in [4.69, 9.17) is 0 Å². The first-order valence-corrected chi connectivity index (χ1v) is 5.41. The molecule has 0 saturated heterocycles. The van der Waals surface area contributed by atoms with Crippen LogP contribution in [0.25, 0.3) is 10.9 Å². The maximum absolute atomic E-state index is 11.9. The van der Waals surface area contributed by atoms with Crippen LogP contribution in [0.2, 0.25) is 0 Å². The van der Waals surface area contributed by atoms with Gasteiger partial charge in [0.05, 0.1) is 18.2 Å². The lowest BCUT2D eigenvalue weighted by Gasteiger charge is -2.06. The largest absolute Gasteiger partial charge is 0.468 e. The van der Waals surface area contributed by atoms with E-state index in [1.165, 1.54) is 7.11 Å². The molecular weight excluding hydrogens is 232 g/mol. The maximum Gasteiger partial charge on any atom is 0.325 e. The van der Waals surface area contributed by atoms with E-state index in [9.17, 15) is 9.59 Å². The van der Waals surface area contributed by atoms with Crippen LogP contribution in [0.15, 0.2) is 36.5 Å². The third kappa shape index (κ3) is 2.45. The van der Waals surface area contributed by atoms with E-state index in [1.54, 1.807) is 12.3 Å². The molecule has 92 valence electrons. The van der Waals surface area contributed by atoms with Gasteiger partial charge in [-0.25, -0.2) is 0 Å². The van der Waals surface area contributed by atoms with Crippen molar-refractivity contribution >= 4 is 22.8 Å². The van der Waals surface area contributed by atoms with E-state index in [1.807, 2.05) is 24.3 Å². The molecule has 1 N–H and O–H groups in total. The standard InChI is InChI=1S/C13H12N2O3/c1-18-12(16)8-15-13(17)10-6-7-14-11-5-3-2-4-9(10)11/h2-7H,8H2,1H3,(H,15,17). The number of esters is 1. The number of nitrogens with one attached hydrogen (secondary N) is 1. The minimum atomic E-state index is -0.485. The van der Waals surface area contributed by atoms with Crippen LogP contribution >= 0.6 is 0 Å². The Kier molecular flexibility index (Phi) is 3.52. The normalized spacial score (nSPS) is 10.1. The molecule has 2 aromatic rings. The summed E-state index contributed by atoms with van der Waals surface area (Å²) in [4.78, 5) is 27.1. The second-order valence-corrected chi connectivity index (χ2v) is 3.63. The van der Waals surface area contributed by atoms with Crippen molar-refractivity contribution in [1.29, 1.82) is 0 Å². The molecule has 0 unspecified atom stereocenters. The number of ether oxygens (including phenoxy) is 1. The number of pyridine rings is 1. The minimum absolute atomic E-state index is 0.147. The van der Waals surface area contributed by atoms with Crippen LogP contribution < -0.4 is 5.32 Å². The number of aromatic nitrogens is 1. The van der Waals surface area contributed by atoms with Gasteiger partial charge in [0.1, 0.15) is 6.54 Å². The van der Waals surface area contributed by atoms with Gasteiger partial charge in [0, 0.05) is 11.6 Å². The number of para-hydroxylation sites is 1. The first kappa shape index (κ1) is 12.0. The van der Waals surface area contributed by atoms with Crippen molar-refractivity contribution in [2.24, 2.45) is 0 Å². The van der Waals surface area contributed by atoms with E-state index in [0.29, 0.717) is 5.56 Å². The predicted molar refractivity (Wildman–Crippen MR) is 66.1 cm³/mol. The van der Waals surface area contributed by atoms with Gasteiger partial charge in [-0.3, -0.25) is 14.6 Å². The summed E-state index contributed by atoms with van der Waals surface area (Å²) in [5, 5.41) is 3.25. The van der Waals surface area contributed by atoms with Crippen molar-refractivity contribution < 1.29 is 14.3 Å². The number of nitrogens with zero attached hydrogens (tertiary/aromatic N) is 1. The number of hydrogen-bond donors (Lipinski definition) is 1. The van der Waals surface area contributed by atoms with Crippen LogP contribution in [-0.4, -0.2) is 30.5 Å². The molecule has 0 atom stereocenters. The van der Waals surface area contributed by atoms with Crippen LogP contribution in [0.4, 0.5) is 0 Å². The van der Waals surface area contributed by atoms with Crippen LogP contribution in [0.5, 0.6) is 0 Å². The topological polar surface area (TPSA) is 68.3 Å². The number of carbonyl (C=O) groups is 2. The monoisotopic (exact) mass is 244 g/mol. The summed E-state index contributed by atoms with van der Waals surface area (Å²) in [6, 6.07) is 8.95. The quantitative estimate of drug-likeness (QED) is 0.822. The predicted octanol–water partition coefficient (Wildman–Crippen LogP) is 1.14. The first-order valence-electron chi connectivity index (χ1n) is 5.41. The van der Waals surface area contributed by atoms with E-state index < -0.39 is 5.97 Å². The van der Waals surface area contributed by atoms with E-state index in [0.717, 1.165) is 10.9 Å². The van der Waals surface area contributed by atoms with Gasteiger partial charge < -0.3 is 10.1 Å². The van der Waals surface area contributed by atoms with Crippen molar-refractivity contribution in [3.63, 3.8) is 0 Å². The Morgan fingerprint density at radius 3 is 2.83 bits per heavy atom. The highest BCUT2D eigenvalue weighted by molar-refractivity contribution is 6.06. The summed E-state index contributed by atoms with van der Waals surface area (Å²) in [6.07, 6.45) is 1.56. The minimum Gasteiger partial charge on any atom is -0.468 e. The molecule has 18 heavy (non-hydrogen) atoms. The van der Waals surface area contributed by atoms with E-state index in [-0.39, 0.29) is 12.5 Å². The smallest absolute Gasteiger partial charge is 0.325 e. The van der Waals surface area contributed by atoms with Gasteiger partial charge in [0.15, 0.2) is 0 Å². The van der Waals surface area contributed by atoms with Crippen LogP contribution in [0, 0.1) is 0 Å². The van der Waals surface area contributed by atoms with Gasteiger partial charge in [-0.2, -0.15) is 0 Å². The molecule has 5 heteroatoms. The number of benzene rings is 1. The molecule has 0 spiro atoms. The number of amides is 1. The molecular formula is C13H12N2O3. The SMILES string of the molecule is COC(=O)CNC(=O)c1ccnc2ccccc12. The highest BCUT2D eigenvalue weighted by Crippen LogP contribution is 2.15. The summed E-state index contributed by atoms with van der Waals surface area (Å²) in [5.41, 5.74) is 1.23. The molecule has 1 heterocycles. The fourth-order valence-corrected chi connectivity index (χ4v) is 1.61. The Morgan fingerprint density at radius 2 is 2.06 bits per heavy atom. The average molecular weight is 244 g/mol. The number of carbonyl (C=O) groups excluding carboxylic acids is 2. The summed E-state index contributed by atoms with van der Waals surface area (Å²) in [5.74, 6) is -0.805. The fraction of sp³-hybridized carbons (Fsp3) is 0.154. The number of rotatable bonds is 3. The first-order chi connectivity index (χ1) is 8.72. The van der Waals surface area contributed by atoms with E-state index in [2.05, 4.69) is 15.0 Å². The molecule has 0 radical (unpaired) electrons.